The lowest BCUT2D eigenvalue weighted by atomic mass is 10.0. The molecule has 2 heterocycles. The SMILES string of the molecule is CCOC(=O)[C@H](C)Sc1ncnc2sc(C)c(-c3ccccc3)c12. The van der Waals surface area contributed by atoms with Gasteiger partial charge >= 0.3 is 5.97 Å². The second-order valence-corrected chi connectivity index (χ2v) is 7.80. The molecule has 6 heteroatoms. The molecule has 0 amide bonds. The highest BCUT2D eigenvalue weighted by molar-refractivity contribution is 8.00. The van der Waals surface area contributed by atoms with E-state index in [0.29, 0.717) is 6.61 Å². The van der Waals surface area contributed by atoms with Crippen LogP contribution in [0.15, 0.2) is 41.7 Å². The summed E-state index contributed by atoms with van der Waals surface area (Å²) >= 11 is 3.08. The molecule has 0 saturated carbocycles. The van der Waals surface area contributed by atoms with Crippen molar-refractivity contribution < 1.29 is 9.53 Å². The van der Waals surface area contributed by atoms with Crippen LogP contribution in [0.4, 0.5) is 0 Å². The van der Waals surface area contributed by atoms with Gasteiger partial charge in [-0.15, -0.1) is 11.3 Å². The molecule has 1 aromatic carbocycles. The number of ether oxygens (including phenoxy) is 1. The Kier molecular flexibility index (Phi) is 5.16. The van der Waals surface area contributed by atoms with E-state index in [0.717, 1.165) is 26.4 Å². The maximum absolute atomic E-state index is 12.0. The van der Waals surface area contributed by atoms with Crippen LogP contribution in [0.5, 0.6) is 0 Å². The molecule has 124 valence electrons. The maximum atomic E-state index is 12.0. The topological polar surface area (TPSA) is 52.1 Å². The quantitative estimate of drug-likeness (QED) is 0.375. The van der Waals surface area contributed by atoms with Crippen molar-refractivity contribution >= 4 is 39.3 Å². The molecule has 0 aliphatic carbocycles. The standard InChI is InChI=1S/C18H18N2O2S2/c1-4-22-18(21)12(3)24-17-15-14(13-8-6-5-7-9-13)11(2)23-16(15)19-10-20-17/h5-10,12H,4H2,1-3H3/t12-/m0/s1. The summed E-state index contributed by atoms with van der Waals surface area (Å²) in [5, 5.41) is 1.53. The molecule has 3 aromatic rings. The lowest BCUT2D eigenvalue weighted by molar-refractivity contribution is -0.142. The van der Waals surface area contributed by atoms with Gasteiger partial charge in [0.05, 0.1) is 12.0 Å². The monoisotopic (exact) mass is 358 g/mol. The van der Waals surface area contributed by atoms with Crippen molar-refractivity contribution in [1.82, 2.24) is 9.97 Å². The Hall–Kier alpha value is -1.92. The van der Waals surface area contributed by atoms with Gasteiger partial charge in [0.25, 0.3) is 0 Å². The number of fused-ring (bicyclic) bond motifs is 1. The molecule has 0 aliphatic rings. The van der Waals surface area contributed by atoms with E-state index in [1.54, 1.807) is 17.7 Å². The van der Waals surface area contributed by atoms with Crippen LogP contribution < -0.4 is 0 Å². The second-order valence-electron chi connectivity index (χ2n) is 5.27. The number of thioether (sulfide) groups is 1. The molecular weight excluding hydrogens is 340 g/mol. The largest absolute Gasteiger partial charge is 0.465 e. The molecule has 0 N–H and O–H groups in total. The first-order valence-corrected chi connectivity index (χ1v) is 9.44. The maximum Gasteiger partial charge on any atom is 0.319 e. The molecule has 4 nitrogen and oxygen atoms in total. The van der Waals surface area contributed by atoms with Gasteiger partial charge in [-0.05, 0) is 26.3 Å². The van der Waals surface area contributed by atoms with Crippen LogP contribution in [0.2, 0.25) is 0 Å². The van der Waals surface area contributed by atoms with Crippen LogP contribution >= 0.6 is 23.1 Å². The Balaban J connectivity index is 2.08. The van der Waals surface area contributed by atoms with Gasteiger partial charge in [-0.3, -0.25) is 4.79 Å². The van der Waals surface area contributed by atoms with Gasteiger partial charge in [0.2, 0.25) is 0 Å². The predicted octanol–water partition coefficient (Wildman–Crippen LogP) is 4.71. The van der Waals surface area contributed by atoms with Crippen LogP contribution in [0.1, 0.15) is 18.7 Å². The first-order valence-electron chi connectivity index (χ1n) is 7.74. The van der Waals surface area contributed by atoms with E-state index in [9.17, 15) is 4.79 Å². The molecule has 1 atom stereocenters. The van der Waals surface area contributed by atoms with Crippen molar-refractivity contribution in [3.05, 3.63) is 41.5 Å². The van der Waals surface area contributed by atoms with E-state index in [1.807, 2.05) is 32.0 Å². The van der Waals surface area contributed by atoms with Crippen LogP contribution in [-0.4, -0.2) is 27.8 Å². The number of hydrogen-bond donors (Lipinski definition) is 0. The number of aromatic nitrogens is 2. The van der Waals surface area contributed by atoms with Crippen LogP contribution in [-0.2, 0) is 9.53 Å². The van der Waals surface area contributed by atoms with E-state index in [-0.39, 0.29) is 11.2 Å². The van der Waals surface area contributed by atoms with Crippen LogP contribution in [0, 0.1) is 6.92 Å². The number of aryl methyl sites for hydroxylation is 1. The minimum atomic E-state index is -0.313. The van der Waals surface area contributed by atoms with Gasteiger partial charge in [0, 0.05) is 10.4 Å². The summed E-state index contributed by atoms with van der Waals surface area (Å²) in [5.41, 5.74) is 2.29. The number of benzene rings is 1. The smallest absolute Gasteiger partial charge is 0.319 e. The summed E-state index contributed by atoms with van der Waals surface area (Å²) in [6.07, 6.45) is 1.56. The van der Waals surface area contributed by atoms with Gasteiger partial charge in [-0.2, -0.15) is 0 Å². The summed E-state index contributed by atoms with van der Waals surface area (Å²) in [4.78, 5) is 23.0. The molecule has 0 bridgehead atoms. The lowest BCUT2D eigenvalue weighted by Crippen LogP contribution is -2.16. The first kappa shape index (κ1) is 16.9. The first-order chi connectivity index (χ1) is 11.6. The number of carbonyl (C=O) groups is 1. The van der Waals surface area contributed by atoms with Crippen molar-refractivity contribution in [2.24, 2.45) is 0 Å². The van der Waals surface area contributed by atoms with Crippen LogP contribution in [0.25, 0.3) is 21.3 Å². The number of esters is 1. The molecule has 0 fully saturated rings. The van der Waals surface area contributed by atoms with Crippen molar-refractivity contribution in [3.8, 4) is 11.1 Å². The van der Waals surface area contributed by atoms with Gasteiger partial charge in [0.1, 0.15) is 21.4 Å². The van der Waals surface area contributed by atoms with E-state index in [2.05, 4.69) is 29.0 Å². The number of carbonyl (C=O) groups excluding carboxylic acids is 1. The molecule has 0 unspecified atom stereocenters. The molecular formula is C18H18N2O2S2. The second kappa shape index (κ2) is 7.32. The van der Waals surface area contributed by atoms with Gasteiger partial charge in [0.15, 0.2) is 0 Å². The summed E-state index contributed by atoms with van der Waals surface area (Å²) in [6.45, 7) is 6.14. The summed E-state index contributed by atoms with van der Waals surface area (Å²) in [7, 11) is 0. The average Bonchev–Trinajstić information content (AvgIpc) is 2.92. The number of nitrogens with zero attached hydrogens (tertiary/aromatic N) is 2. The highest BCUT2D eigenvalue weighted by atomic mass is 32.2. The molecule has 0 radical (unpaired) electrons. The molecule has 3 rings (SSSR count). The lowest BCUT2D eigenvalue weighted by Gasteiger charge is -2.11. The van der Waals surface area contributed by atoms with E-state index in [1.165, 1.54) is 16.6 Å². The van der Waals surface area contributed by atoms with Crippen LogP contribution in [0.3, 0.4) is 0 Å². The van der Waals surface area contributed by atoms with Gasteiger partial charge in [-0.1, -0.05) is 42.1 Å². The molecule has 0 spiro atoms. The fourth-order valence-electron chi connectivity index (χ4n) is 2.53. The molecule has 0 saturated heterocycles. The van der Waals surface area contributed by atoms with E-state index in [4.69, 9.17) is 4.74 Å². The third kappa shape index (κ3) is 3.30. The average molecular weight is 358 g/mol. The predicted molar refractivity (Wildman–Crippen MR) is 99.5 cm³/mol. The molecule has 0 aliphatic heterocycles. The Morgan fingerprint density at radius 3 is 2.75 bits per heavy atom. The Labute approximate surface area is 149 Å². The number of hydrogen-bond acceptors (Lipinski definition) is 6. The fourth-order valence-corrected chi connectivity index (χ4v) is 4.54. The van der Waals surface area contributed by atoms with E-state index >= 15 is 0 Å². The molecule has 2 aromatic heterocycles. The van der Waals surface area contributed by atoms with Crippen molar-refractivity contribution in [1.29, 1.82) is 0 Å². The van der Waals surface area contributed by atoms with Crippen molar-refractivity contribution in [2.75, 3.05) is 6.61 Å². The number of thiophene rings is 1. The Morgan fingerprint density at radius 1 is 1.29 bits per heavy atom. The van der Waals surface area contributed by atoms with Crippen molar-refractivity contribution in [3.63, 3.8) is 0 Å². The summed E-state index contributed by atoms with van der Waals surface area (Å²) in [6, 6.07) is 10.2. The molecule has 24 heavy (non-hydrogen) atoms. The highest BCUT2D eigenvalue weighted by Crippen LogP contribution is 2.41. The summed E-state index contributed by atoms with van der Waals surface area (Å²) < 4.78 is 5.11. The van der Waals surface area contributed by atoms with Gasteiger partial charge in [-0.25, -0.2) is 9.97 Å². The number of rotatable bonds is 5. The zero-order valence-electron chi connectivity index (χ0n) is 13.8. The third-order valence-corrected chi connectivity index (χ3v) is 5.69. The summed E-state index contributed by atoms with van der Waals surface area (Å²) in [5.74, 6) is -0.220. The Morgan fingerprint density at radius 2 is 2.04 bits per heavy atom. The van der Waals surface area contributed by atoms with Crippen molar-refractivity contribution in [2.45, 2.75) is 31.0 Å². The highest BCUT2D eigenvalue weighted by Gasteiger charge is 2.21. The van der Waals surface area contributed by atoms with Gasteiger partial charge < -0.3 is 4.74 Å². The normalized spacial score (nSPS) is 12.3. The Bertz CT molecular complexity index is 862. The fraction of sp³-hybridized carbons (Fsp3) is 0.278. The third-order valence-electron chi connectivity index (χ3n) is 3.60. The minimum absolute atomic E-state index is 0.220. The zero-order chi connectivity index (χ0) is 17.1. The minimum Gasteiger partial charge on any atom is -0.465 e. The van der Waals surface area contributed by atoms with E-state index < -0.39 is 0 Å². The zero-order valence-corrected chi connectivity index (χ0v) is 15.4.